The van der Waals surface area contributed by atoms with Gasteiger partial charge in [-0.25, -0.2) is 18.0 Å². The van der Waals surface area contributed by atoms with E-state index >= 15 is 0 Å². The van der Waals surface area contributed by atoms with Crippen molar-refractivity contribution < 1.29 is 23.1 Å². The summed E-state index contributed by atoms with van der Waals surface area (Å²) in [5.74, 6) is -5.53. The third kappa shape index (κ3) is 2.85. The van der Waals surface area contributed by atoms with Crippen LogP contribution >= 0.6 is 11.3 Å². The number of carbonyl (C=O) groups is 1. The highest BCUT2D eigenvalue weighted by atomic mass is 32.1. The fourth-order valence-corrected chi connectivity index (χ4v) is 2.23. The van der Waals surface area contributed by atoms with Crippen LogP contribution in [0.4, 0.5) is 13.2 Å². The Morgan fingerprint density at radius 3 is 2.32 bits per heavy atom. The van der Waals surface area contributed by atoms with Crippen LogP contribution in [0.5, 0.6) is 0 Å². The van der Waals surface area contributed by atoms with Gasteiger partial charge in [-0.2, -0.15) is 0 Å². The third-order valence-electron chi connectivity index (χ3n) is 2.33. The molecule has 0 spiro atoms. The number of benzene rings is 1. The maximum Gasteiger partial charge on any atom is 0.337 e. The summed E-state index contributed by atoms with van der Waals surface area (Å²) in [7, 11) is 0. The van der Waals surface area contributed by atoms with Gasteiger partial charge in [0.15, 0.2) is 17.5 Å². The predicted molar refractivity (Wildman–Crippen MR) is 66.1 cm³/mol. The highest BCUT2D eigenvalue weighted by Crippen LogP contribution is 2.24. The molecule has 0 bridgehead atoms. The predicted octanol–water partition coefficient (Wildman–Crippen LogP) is 3.79. The normalized spacial score (nSPS) is 11.6. The summed E-state index contributed by atoms with van der Waals surface area (Å²) in [5, 5.41) is 10.8. The Balaban J connectivity index is 2.51. The number of aliphatic carboxylic acids is 1. The molecule has 0 saturated carbocycles. The van der Waals surface area contributed by atoms with Crippen molar-refractivity contribution in [3.63, 3.8) is 0 Å². The first-order chi connectivity index (χ1) is 8.99. The Kier molecular flexibility index (Phi) is 3.71. The Morgan fingerprint density at radius 1 is 1.21 bits per heavy atom. The SMILES string of the molecule is O=C(O)/C(=C/c1cc(F)c(F)c(F)c1)c1cccs1. The largest absolute Gasteiger partial charge is 0.478 e. The molecule has 0 fully saturated rings. The maximum absolute atomic E-state index is 13.0. The van der Waals surface area contributed by atoms with Gasteiger partial charge in [0, 0.05) is 4.88 Å². The number of carboxylic acids is 1. The molecule has 2 nitrogen and oxygen atoms in total. The molecule has 6 heteroatoms. The minimum atomic E-state index is -1.58. The van der Waals surface area contributed by atoms with Crippen LogP contribution in [0.25, 0.3) is 11.6 Å². The summed E-state index contributed by atoms with van der Waals surface area (Å²) in [4.78, 5) is 11.6. The third-order valence-corrected chi connectivity index (χ3v) is 3.24. The van der Waals surface area contributed by atoms with Gasteiger partial charge < -0.3 is 5.11 Å². The lowest BCUT2D eigenvalue weighted by Crippen LogP contribution is -1.98. The molecule has 2 aromatic rings. The lowest BCUT2D eigenvalue weighted by Gasteiger charge is -2.01. The van der Waals surface area contributed by atoms with Crippen LogP contribution in [0.2, 0.25) is 0 Å². The van der Waals surface area contributed by atoms with Crippen LogP contribution in [0, 0.1) is 17.5 Å². The highest BCUT2D eigenvalue weighted by molar-refractivity contribution is 7.11. The molecule has 0 unspecified atom stereocenters. The van der Waals surface area contributed by atoms with Gasteiger partial charge in [-0.05, 0) is 35.2 Å². The van der Waals surface area contributed by atoms with Crippen LogP contribution in [0.3, 0.4) is 0 Å². The molecule has 1 N–H and O–H groups in total. The second-order valence-corrected chi connectivity index (χ2v) is 4.59. The molecule has 2 rings (SSSR count). The van der Waals surface area contributed by atoms with Gasteiger partial charge in [0.25, 0.3) is 0 Å². The molecule has 1 heterocycles. The van der Waals surface area contributed by atoms with Crippen LogP contribution in [0.15, 0.2) is 29.6 Å². The average molecular weight is 284 g/mol. The fraction of sp³-hybridized carbons (Fsp3) is 0. The van der Waals surface area contributed by atoms with Gasteiger partial charge in [-0.1, -0.05) is 6.07 Å². The Bertz CT molecular complexity index is 625. The number of hydrogen-bond donors (Lipinski definition) is 1. The summed E-state index contributed by atoms with van der Waals surface area (Å²) in [6, 6.07) is 4.72. The van der Waals surface area contributed by atoms with Crippen molar-refractivity contribution in [1.82, 2.24) is 0 Å². The van der Waals surface area contributed by atoms with E-state index in [0.29, 0.717) is 4.88 Å². The number of hydrogen-bond acceptors (Lipinski definition) is 2. The van der Waals surface area contributed by atoms with Crippen molar-refractivity contribution in [3.05, 3.63) is 57.5 Å². The lowest BCUT2D eigenvalue weighted by molar-refractivity contribution is -0.130. The number of thiophene rings is 1. The fourth-order valence-electron chi connectivity index (χ4n) is 1.50. The number of carboxylic acid groups (broad SMARTS) is 1. The molecular weight excluding hydrogens is 277 g/mol. The minimum absolute atomic E-state index is 0.0535. The average Bonchev–Trinajstić information content (AvgIpc) is 2.86. The van der Waals surface area contributed by atoms with Gasteiger partial charge in [-0.15, -0.1) is 11.3 Å². The minimum Gasteiger partial charge on any atom is -0.478 e. The van der Waals surface area contributed by atoms with E-state index in [1.165, 1.54) is 11.3 Å². The molecule has 0 saturated heterocycles. The molecule has 98 valence electrons. The first kappa shape index (κ1) is 13.4. The summed E-state index contributed by atoms with van der Waals surface area (Å²) >= 11 is 1.18. The first-order valence-corrected chi connectivity index (χ1v) is 6.00. The van der Waals surface area contributed by atoms with E-state index in [1.807, 2.05) is 0 Å². The zero-order valence-corrected chi connectivity index (χ0v) is 10.2. The lowest BCUT2D eigenvalue weighted by atomic mass is 10.1. The molecule has 0 aliphatic carbocycles. The Morgan fingerprint density at radius 2 is 1.84 bits per heavy atom. The van der Waals surface area contributed by atoms with Crippen molar-refractivity contribution in [2.75, 3.05) is 0 Å². The summed E-state index contributed by atoms with van der Waals surface area (Å²) in [5.41, 5.74) is -0.164. The van der Waals surface area contributed by atoms with Crippen LogP contribution in [0.1, 0.15) is 10.4 Å². The molecule has 0 aliphatic rings. The van der Waals surface area contributed by atoms with Gasteiger partial charge >= 0.3 is 5.97 Å². The molecule has 0 aliphatic heterocycles. The molecule has 0 radical (unpaired) electrons. The standard InChI is InChI=1S/C13H7F3O2S/c14-9-5-7(6-10(15)12(9)16)4-8(13(17)18)11-2-1-3-19-11/h1-6H,(H,17,18)/b8-4+. The number of rotatable bonds is 3. The zero-order valence-electron chi connectivity index (χ0n) is 9.36. The van der Waals surface area contributed by atoms with E-state index in [9.17, 15) is 18.0 Å². The van der Waals surface area contributed by atoms with E-state index in [-0.39, 0.29) is 11.1 Å². The molecule has 1 aromatic carbocycles. The van der Waals surface area contributed by atoms with Crippen LogP contribution < -0.4 is 0 Å². The summed E-state index contributed by atoms with van der Waals surface area (Å²) < 4.78 is 38.9. The second-order valence-electron chi connectivity index (χ2n) is 3.64. The monoisotopic (exact) mass is 284 g/mol. The summed E-state index contributed by atoms with van der Waals surface area (Å²) in [6.45, 7) is 0. The smallest absolute Gasteiger partial charge is 0.337 e. The topological polar surface area (TPSA) is 37.3 Å². The zero-order chi connectivity index (χ0) is 14.0. The second kappa shape index (κ2) is 5.27. The molecule has 0 amide bonds. The first-order valence-electron chi connectivity index (χ1n) is 5.12. The van der Waals surface area contributed by atoms with Crippen molar-refractivity contribution in [2.45, 2.75) is 0 Å². The Labute approximate surface area is 110 Å². The van der Waals surface area contributed by atoms with E-state index in [0.717, 1.165) is 18.2 Å². The van der Waals surface area contributed by atoms with Crippen molar-refractivity contribution >= 4 is 29.0 Å². The molecule has 19 heavy (non-hydrogen) atoms. The van der Waals surface area contributed by atoms with Crippen molar-refractivity contribution in [2.24, 2.45) is 0 Å². The van der Waals surface area contributed by atoms with Gasteiger partial charge in [0.1, 0.15) is 0 Å². The van der Waals surface area contributed by atoms with E-state index in [2.05, 4.69) is 0 Å². The maximum atomic E-state index is 13.0. The van der Waals surface area contributed by atoms with Crippen LogP contribution in [-0.2, 0) is 4.79 Å². The molecule has 0 atom stereocenters. The van der Waals surface area contributed by atoms with Gasteiger partial charge in [0.05, 0.1) is 5.57 Å². The van der Waals surface area contributed by atoms with Crippen molar-refractivity contribution in [3.8, 4) is 0 Å². The number of halogens is 3. The van der Waals surface area contributed by atoms with E-state index in [4.69, 9.17) is 5.11 Å². The van der Waals surface area contributed by atoms with Gasteiger partial charge in [-0.3, -0.25) is 0 Å². The van der Waals surface area contributed by atoms with E-state index in [1.54, 1.807) is 17.5 Å². The van der Waals surface area contributed by atoms with E-state index < -0.39 is 23.4 Å². The van der Waals surface area contributed by atoms with Crippen molar-refractivity contribution in [1.29, 1.82) is 0 Å². The highest BCUT2D eigenvalue weighted by Gasteiger charge is 2.14. The summed E-state index contributed by atoms with van der Waals surface area (Å²) in [6.07, 6.45) is 1.10. The Hall–Kier alpha value is -2.08. The molecular formula is C13H7F3O2S. The van der Waals surface area contributed by atoms with Crippen LogP contribution in [-0.4, -0.2) is 11.1 Å². The molecule has 1 aromatic heterocycles. The quantitative estimate of drug-likeness (QED) is 0.687. The van der Waals surface area contributed by atoms with Gasteiger partial charge in [0.2, 0.25) is 0 Å².